The number of hydrogen-bond donors (Lipinski definition) is 2. The number of anilines is 1. The molecule has 2 N–H and O–H groups in total. The maximum atomic E-state index is 11.9. The summed E-state index contributed by atoms with van der Waals surface area (Å²) in [5, 5.41) is 12.8. The second-order valence-corrected chi connectivity index (χ2v) is 5.54. The smallest absolute Gasteiger partial charge is 0.342 e. The molecule has 0 aliphatic carbocycles. The normalized spacial score (nSPS) is 10.2. The van der Waals surface area contributed by atoms with E-state index in [0.29, 0.717) is 10.7 Å². The number of carbonyl (C=O) groups is 2. The summed E-state index contributed by atoms with van der Waals surface area (Å²) in [5.74, 6) is -1.44. The van der Waals surface area contributed by atoms with Gasteiger partial charge < -0.3 is 15.2 Å². The number of benzene rings is 2. The van der Waals surface area contributed by atoms with Crippen molar-refractivity contribution in [2.24, 2.45) is 0 Å². The molecule has 0 saturated heterocycles. The number of aromatic hydroxyl groups is 1. The second kappa shape index (κ2) is 7.15. The molecule has 6 heteroatoms. The Labute approximate surface area is 138 Å². The van der Waals surface area contributed by atoms with E-state index in [1.54, 1.807) is 31.2 Å². The molecule has 0 heterocycles. The Balaban J connectivity index is 1.97. The molecule has 1 amide bonds. The Morgan fingerprint density at radius 1 is 1.17 bits per heavy atom. The number of phenolic OH excluding ortho intramolecular Hbond substituents is 1. The Bertz CT molecular complexity index is 758. The van der Waals surface area contributed by atoms with Crippen molar-refractivity contribution in [2.75, 3.05) is 11.9 Å². The fourth-order valence-corrected chi connectivity index (χ4v) is 2.11. The van der Waals surface area contributed by atoms with Crippen LogP contribution in [0.4, 0.5) is 5.69 Å². The van der Waals surface area contributed by atoms with E-state index in [-0.39, 0.29) is 11.3 Å². The summed E-state index contributed by atoms with van der Waals surface area (Å²) in [4.78, 5) is 23.8. The van der Waals surface area contributed by atoms with Crippen molar-refractivity contribution < 1.29 is 19.4 Å². The monoisotopic (exact) mass is 333 g/mol. The summed E-state index contributed by atoms with van der Waals surface area (Å²) in [6, 6.07) is 9.67. The van der Waals surface area contributed by atoms with Crippen molar-refractivity contribution in [3.8, 4) is 5.75 Å². The first-order valence-corrected chi connectivity index (χ1v) is 7.27. The van der Waals surface area contributed by atoms with Crippen LogP contribution in [0.25, 0.3) is 0 Å². The maximum absolute atomic E-state index is 11.9. The van der Waals surface area contributed by atoms with Gasteiger partial charge in [-0.3, -0.25) is 4.79 Å². The van der Waals surface area contributed by atoms with Gasteiger partial charge in [-0.25, -0.2) is 4.79 Å². The van der Waals surface area contributed by atoms with Crippen molar-refractivity contribution in [1.29, 1.82) is 0 Å². The van der Waals surface area contributed by atoms with Crippen LogP contribution >= 0.6 is 11.6 Å². The highest BCUT2D eigenvalue weighted by Crippen LogP contribution is 2.21. The molecule has 0 saturated carbocycles. The van der Waals surface area contributed by atoms with Crippen molar-refractivity contribution in [1.82, 2.24) is 0 Å². The lowest BCUT2D eigenvalue weighted by Gasteiger charge is -2.10. The first kappa shape index (κ1) is 16.8. The molecule has 0 spiro atoms. The van der Waals surface area contributed by atoms with Gasteiger partial charge in [0.2, 0.25) is 0 Å². The number of esters is 1. The molecule has 0 aliphatic rings. The SMILES string of the molecule is Cc1ccc(O)c(C(=O)OCC(=O)Nc2cc(Cl)ccc2C)c1. The van der Waals surface area contributed by atoms with Crippen molar-refractivity contribution in [3.63, 3.8) is 0 Å². The fourth-order valence-electron chi connectivity index (χ4n) is 1.94. The molecule has 0 atom stereocenters. The van der Waals surface area contributed by atoms with Gasteiger partial charge in [0.1, 0.15) is 11.3 Å². The van der Waals surface area contributed by atoms with E-state index in [0.717, 1.165) is 11.1 Å². The highest BCUT2D eigenvalue weighted by molar-refractivity contribution is 6.31. The molecule has 0 bridgehead atoms. The Kier molecular flexibility index (Phi) is 5.24. The van der Waals surface area contributed by atoms with Crippen molar-refractivity contribution >= 4 is 29.2 Å². The molecule has 0 radical (unpaired) electrons. The Morgan fingerprint density at radius 2 is 1.91 bits per heavy atom. The van der Waals surface area contributed by atoms with E-state index in [2.05, 4.69) is 5.32 Å². The Morgan fingerprint density at radius 3 is 2.65 bits per heavy atom. The molecular formula is C17H16ClNO4. The fraction of sp³-hybridized carbons (Fsp3) is 0.176. The summed E-state index contributed by atoms with van der Waals surface area (Å²) in [6.45, 7) is 3.14. The minimum Gasteiger partial charge on any atom is -0.507 e. The highest BCUT2D eigenvalue weighted by atomic mass is 35.5. The quantitative estimate of drug-likeness (QED) is 0.840. The molecule has 0 fully saturated rings. The van der Waals surface area contributed by atoms with E-state index in [4.69, 9.17) is 16.3 Å². The van der Waals surface area contributed by atoms with Crippen LogP contribution in [-0.4, -0.2) is 23.6 Å². The average molecular weight is 334 g/mol. The van der Waals surface area contributed by atoms with Crippen LogP contribution < -0.4 is 5.32 Å². The molecule has 23 heavy (non-hydrogen) atoms. The number of nitrogens with one attached hydrogen (secondary N) is 1. The van der Waals surface area contributed by atoms with Crippen LogP contribution in [0.3, 0.4) is 0 Å². The van der Waals surface area contributed by atoms with E-state index >= 15 is 0 Å². The summed E-state index contributed by atoms with van der Waals surface area (Å²) in [7, 11) is 0. The molecular weight excluding hydrogens is 318 g/mol. The number of halogens is 1. The second-order valence-electron chi connectivity index (χ2n) is 5.10. The third kappa shape index (κ3) is 4.47. The number of aryl methyl sites for hydroxylation is 2. The Hall–Kier alpha value is -2.53. The van der Waals surface area contributed by atoms with Gasteiger partial charge in [0.15, 0.2) is 6.61 Å². The molecule has 5 nitrogen and oxygen atoms in total. The van der Waals surface area contributed by atoms with Crippen LogP contribution in [0.2, 0.25) is 5.02 Å². The van der Waals surface area contributed by atoms with Gasteiger partial charge in [-0.05, 0) is 43.7 Å². The van der Waals surface area contributed by atoms with Crippen LogP contribution in [-0.2, 0) is 9.53 Å². The van der Waals surface area contributed by atoms with Crippen molar-refractivity contribution in [2.45, 2.75) is 13.8 Å². The maximum Gasteiger partial charge on any atom is 0.342 e. The van der Waals surface area contributed by atoms with Gasteiger partial charge in [0.05, 0.1) is 0 Å². The van der Waals surface area contributed by atoms with Crippen LogP contribution in [0, 0.1) is 13.8 Å². The molecule has 0 unspecified atom stereocenters. The standard InChI is InChI=1S/C17H16ClNO4/c1-10-3-6-15(20)13(7-10)17(22)23-9-16(21)19-14-8-12(18)5-4-11(14)2/h3-8,20H,9H2,1-2H3,(H,19,21). The van der Waals surface area contributed by atoms with Gasteiger partial charge in [0, 0.05) is 10.7 Å². The van der Waals surface area contributed by atoms with E-state index in [9.17, 15) is 14.7 Å². The van der Waals surface area contributed by atoms with Gasteiger partial charge >= 0.3 is 5.97 Å². The molecule has 2 rings (SSSR count). The van der Waals surface area contributed by atoms with E-state index in [1.807, 2.05) is 6.92 Å². The highest BCUT2D eigenvalue weighted by Gasteiger charge is 2.15. The van der Waals surface area contributed by atoms with E-state index in [1.165, 1.54) is 12.1 Å². The molecule has 0 aliphatic heterocycles. The third-order valence-corrected chi connectivity index (χ3v) is 3.42. The molecule has 2 aromatic carbocycles. The summed E-state index contributed by atoms with van der Waals surface area (Å²) in [6.07, 6.45) is 0. The minimum atomic E-state index is -0.760. The topological polar surface area (TPSA) is 75.6 Å². The summed E-state index contributed by atoms with van der Waals surface area (Å²) in [5.41, 5.74) is 2.22. The zero-order valence-electron chi connectivity index (χ0n) is 12.7. The van der Waals surface area contributed by atoms with Crippen LogP contribution in [0.15, 0.2) is 36.4 Å². The molecule has 2 aromatic rings. The van der Waals surface area contributed by atoms with Crippen molar-refractivity contribution in [3.05, 3.63) is 58.1 Å². The first-order valence-electron chi connectivity index (χ1n) is 6.89. The lowest BCUT2D eigenvalue weighted by atomic mass is 10.1. The minimum absolute atomic E-state index is 0.0248. The van der Waals surface area contributed by atoms with Gasteiger partial charge in [-0.1, -0.05) is 29.3 Å². The third-order valence-electron chi connectivity index (χ3n) is 3.18. The average Bonchev–Trinajstić information content (AvgIpc) is 2.51. The molecule has 0 aromatic heterocycles. The zero-order valence-corrected chi connectivity index (χ0v) is 13.5. The molecule has 120 valence electrons. The number of amides is 1. The van der Waals surface area contributed by atoms with Gasteiger partial charge in [-0.15, -0.1) is 0 Å². The largest absolute Gasteiger partial charge is 0.507 e. The predicted molar refractivity (Wildman–Crippen MR) is 87.9 cm³/mol. The number of rotatable bonds is 4. The summed E-state index contributed by atoms with van der Waals surface area (Å²) < 4.78 is 4.92. The zero-order chi connectivity index (χ0) is 17.0. The number of hydrogen-bond acceptors (Lipinski definition) is 4. The lowest BCUT2D eigenvalue weighted by Crippen LogP contribution is -2.21. The summed E-state index contributed by atoms with van der Waals surface area (Å²) >= 11 is 5.88. The lowest BCUT2D eigenvalue weighted by molar-refractivity contribution is -0.119. The van der Waals surface area contributed by atoms with Crippen LogP contribution in [0.5, 0.6) is 5.75 Å². The predicted octanol–water partition coefficient (Wildman–Crippen LogP) is 3.46. The number of carbonyl (C=O) groups excluding carboxylic acids is 2. The van der Waals surface area contributed by atoms with Gasteiger partial charge in [0.25, 0.3) is 5.91 Å². The number of ether oxygens (including phenoxy) is 1. The number of phenols is 1. The van der Waals surface area contributed by atoms with E-state index < -0.39 is 18.5 Å². The van der Waals surface area contributed by atoms with Crippen LogP contribution in [0.1, 0.15) is 21.5 Å². The van der Waals surface area contributed by atoms with Gasteiger partial charge in [-0.2, -0.15) is 0 Å². The first-order chi connectivity index (χ1) is 10.9.